The highest BCUT2D eigenvalue weighted by molar-refractivity contribution is 6.36. The number of aromatic nitrogens is 3. The van der Waals surface area contributed by atoms with Crippen LogP contribution in [0.25, 0.3) is 22.1 Å². The van der Waals surface area contributed by atoms with Crippen LogP contribution in [0.15, 0.2) is 41.4 Å². The second kappa shape index (κ2) is 8.85. The molecular formula is C23H22Cl2FN5O2. The number of nitrogens with one attached hydrogen (secondary N) is 1. The van der Waals surface area contributed by atoms with Gasteiger partial charge in [-0.2, -0.15) is 5.10 Å². The van der Waals surface area contributed by atoms with Crippen molar-refractivity contribution < 1.29 is 13.5 Å². The zero-order valence-corrected chi connectivity index (χ0v) is 19.3. The summed E-state index contributed by atoms with van der Waals surface area (Å²) in [4.78, 5) is 4.29. The minimum Gasteiger partial charge on any atom is -0.478 e. The fourth-order valence-corrected chi connectivity index (χ4v) is 4.89. The Balaban J connectivity index is 1.49. The number of nitrogens with two attached hydrogens (primary N) is 1. The number of hydrogen-bond acceptors (Lipinski definition) is 6. The van der Waals surface area contributed by atoms with Gasteiger partial charge in [-0.25, -0.2) is 9.37 Å². The quantitative estimate of drug-likeness (QED) is 0.345. The van der Waals surface area contributed by atoms with Crippen molar-refractivity contribution in [3.05, 3.63) is 58.4 Å². The predicted molar refractivity (Wildman–Crippen MR) is 126 cm³/mol. The number of nitrogen functional groups attached to an aromatic ring is 1. The van der Waals surface area contributed by atoms with Crippen LogP contribution >= 0.6 is 23.2 Å². The van der Waals surface area contributed by atoms with Crippen molar-refractivity contribution in [2.24, 2.45) is 0 Å². The molecule has 0 bridgehead atoms. The molecule has 1 atom stereocenters. The van der Waals surface area contributed by atoms with Crippen LogP contribution in [0.1, 0.15) is 37.5 Å². The van der Waals surface area contributed by atoms with Gasteiger partial charge in [-0.3, -0.25) is 4.68 Å². The standard InChI is InChI=1S/C23H22Cl2FN5O2/c1-12(19-17(24)2-3-18(26)20(19)25)33-22-21-15(9-29-23(22)27)16(11-32-21)13-8-30-31(10-13)14-4-6-28-7-5-14/h2-3,8-12,14,28H,4-7H2,1H3,(H2,27,29). The van der Waals surface area contributed by atoms with Crippen molar-refractivity contribution in [1.82, 2.24) is 20.1 Å². The van der Waals surface area contributed by atoms with Crippen molar-refractivity contribution in [1.29, 1.82) is 0 Å². The van der Waals surface area contributed by atoms with Crippen LogP contribution in [0.3, 0.4) is 0 Å². The molecule has 7 nitrogen and oxygen atoms in total. The van der Waals surface area contributed by atoms with Crippen LogP contribution in [0.5, 0.6) is 5.75 Å². The maximum atomic E-state index is 14.0. The Morgan fingerprint density at radius 1 is 1.27 bits per heavy atom. The van der Waals surface area contributed by atoms with E-state index >= 15 is 0 Å². The lowest BCUT2D eigenvalue weighted by atomic mass is 10.1. The van der Waals surface area contributed by atoms with Crippen LogP contribution < -0.4 is 15.8 Å². The van der Waals surface area contributed by atoms with Gasteiger partial charge in [-0.1, -0.05) is 23.2 Å². The van der Waals surface area contributed by atoms with Crippen LogP contribution in [-0.2, 0) is 0 Å². The molecule has 0 radical (unpaired) electrons. The van der Waals surface area contributed by atoms with Crippen molar-refractivity contribution in [3.8, 4) is 16.9 Å². The van der Waals surface area contributed by atoms with Gasteiger partial charge in [0.2, 0.25) is 5.75 Å². The Kier molecular flexibility index (Phi) is 5.90. The van der Waals surface area contributed by atoms with Gasteiger partial charge in [0.1, 0.15) is 18.2 Å². The topological polar surface area (TPSA) is 91.1 Å². The molecule has 1 aliphatic heterocycles. The molecule has 0 spiro atoms. The lowest BCUT2D eigenvalue weighted by molar-refractivity contribution is 0.227. The number of piperidine rings is 1. The van der Waals surface area contributed by atoms with Gasteiger partial charge in [0.05, 0.1) is 22.6 Å². The smallest absolute Gasteiger partial charge is 0.205 e. The third-order valence-electron chi connectivity index (χ3n) is 5.98. The maximum absolute atomic E-state index is 14.0. The molecule has 33 heavy (non-hydrogen) atoms. The third kappa shape index (κ3) is 4.03. The number of anilines is 1. The molecule has 172 valence electrons. The summed E-state index contributed by atoms with van der Waals surface area (Å²) in [6, 6.07) is 3.01. The zero-order valence-electron chi connectivity index (χ0n) is 17.8. The third-order valence-corrected chi connectivity index (χ3v) is 6.69. The van der Waals surface area contributed by atoms with E-state index in [2.05, 4.69) is 15.4 Å². The number of fused-ring (bicyclic) bond motifs is 1. The average molecular weight is 490 g/mol. The number of benzene rings is 1. The largest absolute Gasteiger partial charge is 0.478 e. The van der Waals surface area contributed by atoms with Crippen LogP contribution in [0.2, 0.25) is 10.0 Å². The second-order valence-electron chi connectivity index (χ2n) is 8.07. The van der Waals surface area contributed by atoms with E-state index in [-0.39, 0.29) is 21.6 Å². The van der Waals surface area contributed by atoms with Crippen molar-refractivity contribution in [3.63, 3.8) is 0 Å². The highest BCUT2D eigenvalue weighted by atomic mass is 35.5. The summed E-state index contributed by atoms with van der Waals surface area (Å²) in [6.45, 7) is 3.67. The summed E-state index contributed by atoms with van der Waals surface area (Å²) in [5.41, 5.74) is 8.61. The van der Waals surface area contributed by atoms with E-state index in [0.29, 0.717) is 17.2 Å². The summed E-state index contributed by atoms with van der Waals surface area (Å²) in [5, 5.41) is 8.85. The molecule has 10 heteroatoms. The fraction of sp³-hybridized carbons (Fsp3) is 0.304. The van der Waals surface area contributed by atoms with E-state index in [9.17, 15) is 4.39 Å². The minimum atomic E-state index is -0.702. The molecule has 5 rings (SSSR count). The summed E-state index contributed by atoms with van der Waals surface area (Å²) < 4.78 is 27.9. The number of nitrogens with zero attached hydrogens (tertiary/aromatic N) is 3. The first-order valence-electron chi connectivity index (χ1n) is 10.6. The molecule has 1 unspecified atom stereocenters. The molecular weight excluding hydrogens is 468 g/mol. The Labute approximate surface area is 199 Å². The monoisotopic (exact) mass is 489 g/mol. The Morgan fingerprint density at radius 2 is 2.06 bits per heavy atom. The lowest BCUT2D eigenvalue weighted by Crippen LogP contribution is -2.29. The van der Waals surface area contributed by atoms with Gasteiger partial charge in [0, 0.05) is 34.1 Å². The average Bonchev–Trinajstić information content (AvgIpc) is 3.46. The number of ether oxygens (including phenoxy) is 1. The first kappa shape index (κ1) is 22.0. The van der Waals surface area contributed by atoms with E-state index < -0.39 is 11.9 Å². The molecule has 1 fully saturated rings. The van der Waals surface area contributed by atoms with Gasteiger partial charge in [-0.15, -0.1) is 0 Å². The molecule has 0 amide bonds. The number of hydrogen-bond donors (Lipinski definition) is 2. The van der Waals surface area contributed by atoms with Gasteiger partial charge in [0.15, 0.2) is 11.4 Å². The number of furan rings is 1. The zero-order chi connectivity index (χ0) is 23.1. The van der Waals surface area contributed by atoms with Gasteiger partial charge in [0.25, 0.3) is 0 Å². The summed E-state index contributed by atoms with van der Waals surface area (Å²) in [5.74, 6) is -0.195. The van der Waals surface area contributed by atoms with Crippen molar-refractivity contribution in [2.45, 2.75) is 31.9 Å². The van der Waals surface area contributed by atoms with Crippen LogP contribution in [0.4, 0.5) is 10.2 Å². The molecule has 4 heterocycles. The molecule has 0 aliphatic carbocycles. The highest BCUT2D eigenvalue weighted by Crippen LogP contribution is 2.41. The predicted octanol–water partition coefficient (Wildman–Crippen LogP) is 5.78. The number of rotatable bonds is 5. The van der Waals surface area contributed by atoms with Crippen LogP contribution in [0, 0.1) is 5.82 Å². The van der Waals surface area contributed by atoms with E-state index in [4.69, 9.17) is 38.1 Å². The van der Waals surface area contributed by atoms with E-state index in [1.54, 1.807) is 19.4 Å². The molecule has 1 saturated heterocycles. The highest BCUT2D eigenvalue weighted by Gasteiger charge is 2.24. The van der Waals surface area contributed by atoms with E-state index in [1.807, 2.05) is 17.1 Å². The van der Waals surface area contributed by atoms with Crippen molar-refractivity contribution in [2.75, 3.05) is 18.8 Å². The molecule has 3 N–H and O–H groups in total. The summed E-state index contributed by atoms with van der Waals surface area (Å²) in [6.07, 6.45) is 8.48. The first-order valence-corrected chi connectivity index (χ1v) is 11.4. The SMILES string of the molecule is CC(Oc1c(N)ncc2c(-c3cnn(C4CCNCC4)c3)coc12)c1c(Cl)ccc(F)c1Cl. The Morgan fingerprint density at radius 3 is 2.85 bits per heavy atom. The normalized spacial score (nSPS) is 15.8. The van der Waals surface area contributed by atoms with Gasteiger partial charge in [-0.05, 0) is 45.0 Å². The molecule has 1 aromatic carbocycles. The molecule has 1 aliphatic rings. The maximum Gasteiger partial charge on any atom is 0.205 e. The summed E-state index contributed by atoms with van der Waals surface area (Å²) in [7, 11) is 0. The summed E-state index contributed by atoms with van der Waals surface area (Å²) >= 11 is 12.4. The number of halogens is 3. The molecule has 3 aromatic heterocycles. The van der Waals surface area contributed by atoms with Crippen molar-refractivity contribution >= 4 is 40.0 Å². The molecule has 0 saturated carbocycles. The van der Waals surface area contributed by atoms with Gasteiger partial charge < -0.3 is 20.2 Å². The number of pyridine rings is 1. The Hall–Kier alpha value is -2.81. The van der Waals surface area contributed by atoms with Crippen LogP contribution in [-0.4, -0.2) is 27.9 Å². The first-order chi connectivity index (χ1) is 15.9. The minimum absolute atomic E-state index is 0.0980. The Bertz CT molecular complexity index is 1320. The second-order valence-corrected chi connectivity index (χ2v) is 8.86. The fourth-order valence-electron chi connectivity index (χ4n) is 4.22. The van der Waals surface area contributed by atoms with E-state index in [0.717, 1.165) is 42.4 Å². The lowest BCUT2D eigenvalue weighted by Gasteiger charge is -2.22. The molecule has 4 aromatic rings. The van der Waals surface area contributed by atoms with Gasteiger partial charge >= 0.3 is 0 Å². The van der Waals surface area contributed by atoms with E-state index in [1.165, 1.54) is 12.1 Å².